The third-order valence-corrected chi connectivity index (χ3v) is 4.64. The van der Waals surface area contributed by atoms with Crippen molar-refractivity contribution in [3.8, 4) is 17.1 Å². The largest absolute Gasteiger partial charge is 0.490 e. The van der Waals surface area contributed by atoms with Gasteiger partial charge in [0.15, 0.2) is 5.76 Å². The van der Waals surface area contributed by atoms with Crippen LogP contribution in [0.25, 0.3) is 11.3 Å². The van der Waals surface area contributed by atoms with Crippen molar-refractivity contribution < 1.29 is 28.3 Å². The number of benzene rings is 2. The van der Waals surface area contributed by atoms with Crippen LogP contribution < -0.4 is 4.74 Å². The highest BCUT2D eigenvalue weighted by atomic mass is 16.5. The molecule has 0 fully saturated rings. The topological polar surface area (TPSA) is 87.9 Å². The predicted molar refractivity (Wildman–Crippen MR) is 103 cm³/mol. The molecule has 2 heterocycles. The van der Waals surface area contributed by atoms with Crippen LogP contribution in [-0.4, -0.2) is 30.3 Å². The van der Waals surface area contributed by atoms with Gasteiger partial charge in [0.2, 0.25) is 0 Å². The van der Waals surface area contributed by atoms with Crippen LogP contribution >= 0.6 is 0 Å². The Bertz CT molecular complexity index is 1070. The summed E-state index contributed by atoms with van der Waals surface area (Å²) in [6, 6.07) is 13.9. The van der Waals surface area contributed by atoms with Gasteiger partial charge < -0.3 is 18.7 Å². The molecule has 4 rings (SSSR count). The molecule has 1 unspecified atom stereocenters. The molecule has 7 heteroatoms. The molecule has 1 aromatic heterocycles. The highest BCUT2D eigenvalue weighted by Gasteiger charge is 2.21. The molecule has 0 N–H and O–H groups in total. The summed E-state index contributed by atoms with van der Waals surface area (Å²) in [5.41, 5.74) is 2.75. The SMILES string of the molecule is COC(=O)c1ccccc1C(=O)OCc1cc(-c2ccc3c(c2)CC(C)O3)on1. The van der Waals surface area contributed by atoms with Crippen molar-refractivity contribution in [2.24, 2.45) is 0 Å². The van der Waals surface area contributed by atoms with E-state index in [2.05, 4.69) is 5.16 Å². The lowest BCUT2D eigenvalue weighted by atomic mass is 10.1. The fourth-order valence-electron chi connectivity index (χ4n) is 3.26. The number of fused-ring (bicyclic) bond motifs is 1. The summed E-state index contributed by atoms with van der Waals surface area (Å²) in [5.74, 6) is 0.225. The highest BCUT2D eigenvalue weighted by molar-refractivity contribution is 6.03. The van der Waals surface area contributed by atoms with Crippen molar-refractivity contribution in [3.05, 3.63) is 70.9 Å². The van der Waals surface area contributed by atoms with E-state index < -0.39 is 11.9 Å². The van der Waals surface area contributed by atoms with Crippen molar-refractivity contribution in [2.75, 3.05) is 7.11 Å². The van der Waals surface area contributed by atoms with E-state index in [9.17, 15) is 9.59 Å². The van der Waals surface area contributed by atoms with E-state index in [4.69, 9.17) is 18.7 Å². The molecule has 1 atom stereocenters. The van der Waals surface area contributed by atoms with Crippen molar-refractivity contribution in [3.63, 3.8) is 0 Å². The molecule has 1 aliphatic heterocycles. The van der Waals surface area contributed by atoms with Crippen molar-refractivity contribution in [1.82, 2.24) is 5.16 Å². The highest BCUT2D eigenvalue weighted by Crippen LogP contribution is 2.33. The molecule has 3 aromatic rings. The van der Waals surface area contributed by atoms with Gasteiger partial charge in [0.1, 0.15) is 24.2 Å². The predicted octanol–water partition coefficient (Wildman–Crippen LogP) is 3.81. The maximum atomic E-state index is 12.4. The molecule has 0 saturated carbocycles. The average Bonchev–Trinajstić information content (AvgIpc) is 3.36. The molecule has 0 saturated heterocycles. The minimum absolute atomic E-state index is 0.0804. The van der Waals surface area contributed by atoms with Crippen LogP contribution in [0.15, 0.2) is 53.1 Å². The summed E-state index contributed by atoms with van der Waals surface area (Å²) < 4.78 is 21.1. The third kappa shape index (κ3) is 3.85. The lowest BCUT2D eigenvalue weighted by Gasteiger charge is -2.07. The van der Waals surface area contributed by atoms with Gasteiger partial charge in [-0.25, -0.2) is 9.59 Å². The van der Waals surface area contributed by atoms with E-state index in [-0.39, 0.29) is 23.8 Å². The van der Waals surface area contributed by atoms with Crippen molar-refractivity contribution in [2.45, 2.75) is 26.1 Å². The van der Waals surface area contributed by atoms with Gasteiger partial charge in [0.05, 0.1) is 18.2 Å². The Kier molecular flexibility index (Phi) is 5.03. The van der Waals surface area contributed by atoms with Crippen LogP contribution in [-0.2, 0) is 22.5 Å². The smallest absolute Gasteiger partial charge is 0.339 e. The van der Waals surface area contributed by atoms with Crippen LogP contribution in [0.3, 0.4) is 0 Å². The van der Waals surface area contributed by atoms with Gasteiger partial charge in [-0.15, -0.1) is 0 Å². The van der Waals surface area contributed by atoms with Crippen LogP contribution in [0.2, 0.25) is 0 Å². The summed E-state index contributed by atoms with van der Waals surface area (Å²) in [6.07, 6.45) is 1.01. The first-order valence-corrected chi connectivity index (χ1v) is 9.15. The Morgan fingerprint density at radius 3 is 2.62 bits per heavy atom. The zero-order valence-electron chi connectivity index (χ0n) is 16.0. The van der Waals surface area contributed by atoms with Gasteiger partial charge in [0.25, 0.3) is 0 Å². The second-order valence-electron chi connectivity index (χ2n) is 6.75. The van der Waals surface area contributed by atoms with E-state index in [0.29, 0.717) is 11.5 Å². The molecule has 0 spiro atoms. The number of ether oxygens (including phenoxy) is 3. The molecule has 2 aromatic carbocycles. The first-order valence-electron chi connectivity index (χ1n) is 9.15. The lowest BCUT2D eigenvalue weighted by Crippen LogP contribution is -2.12. The average molecular weight is 393 g/mol. The molecular formula is C22H19NO6. The normalized spacial score (nSPS) is 14.8. The number of hydrogen-bond acceptors (Lipinski definition) is 7. The van der Waals surface area contributed by atoms with Crippen LogP contribution in [0.4, 0.5) is 0 Å². The van der Waals surface area contributed by atoms with E-state index in [0.717, 1.165) is 23.3 Å². The van der Waals surface area contributed by atoms with E-state index in [1.54, 1.807) is 18.2 Å². The fourth-order valence-corrected chi connectivity index (χ4v) is 3.26. The maximum absolute atomic E-state index is 12.4. The lowest BCUT2D eigenvalue weighted by molar-refractivity contribution is 0.0450. The Balaban J connectivity index is 1.45. The van der Waals surface area contributed by atoms with Gasteiger partial charge in [-0.05, 0) is 42.8 Å². The standard InChI is InChI=1S/C22H19NO6/c1-13-9-15-10-14(7-8-19(15)28-13)20-11-16(23-29-20)12-27-22(25)18-6-4-3-5-17(18)21(24)26-2/h3-8,10-11,13H,9,12H2,1-2H3. The van der Waals surface area contributed by atoms with Crippen LogP contribution in [0.1, 0.15) is 38.9 Å². The summed E-state index contributed by atoms with van der Waals surface area (Å²) in [4.78, 5) is 24.2. The number of esters is 2. The zero-order valence-corrected chi connectivity index (χ0v) is 16.0. The maximum Gasteiger partial charge on any atom is 0.339 e. The fraction of sp³-hybridized carbons (Fsp3) is 0.227. The number of methoxy groups -OCH3 is 1. The number of aromatic nitrogens is 1. The summed E-state index contributed by atoms with van der Waals surface area (Å²) in [5, 5.41) is 3.97. The van der Waals surface area contributed by atoms with Crippen LogP contribution in [0, 0.1) is 0 Å². The van der Waals surface area contributed by atoms with E-state index >= 15 is 0 Å². The van der Waals surface area contributed by atoms with Gasteiger partial charge in [-0.1, -0.05) is 17.3 Å². The van der Waals surface area contributed by atoms with E-state index in [1.807, 2.05) is 25.1 Å². The first-order chi connectivity index (χ1) is 14.0. The first kappa shape index (κ1) is 18.7. The van der Waals surface area contributed by atoms with Gasteiger partial charge in [-0.3, -0.25) is 0 Å². The molecule has 0 aliphatic carbocycles. The van der Waals surface area contributed by atoms with Gasteiger partial charge in [0, 0.05) is 18.1 Å². The summed E-state index contributed by atoms with van der Waals surface area (Å²) >= 11 is 0. The summed E-state index contributed by atoms with van der Waals surface area (Å²) in [7, 11) is 1.26. The van der Waals surface area contributed by atoms with Crippen molar-refractivity contribution >= 4 is 11.9 Å². The molecule has 29 heavy (non-hydrogen) atoms. The molecule has 0 amide bonds. The molecular weight excluding hydrogens is 374 g/mol. The van der Waals surface area contributed by atoms with E-state index in [1.165, 1.54) is 19.2 Å². The number of hydrogen-bond donors (Lipinski definition) is 0. The molecule has 148 valence electrons. The van der Waals surface area contributed by atoms with Crippen LogP contribution in [0.5, 0.6) is 5.75 Å². The van der Waals surface area contributed by atoms with Gasteiger partial charge >= 0.3 is 11.9 Å². The number of nitrogens with zero attached hydrogens (tertiary/aromatic N) is 1. The minimum atomic E-state index is -0.640. The third-order valence-electron chi connectivity index (χ3n) is 4.64. The Morgan fingerprint density at radius 2 is 1.86 bits per heavy atom. The quantitative estimate of drug-likeness (QED) is 0.609. The Labute approximate surface area is 167 Å². The second-order valence-corrected chi connectivity index (χ2v) is 6.75. The molecule has 0 bridgehead atoms. The number of rotatable bonds is 5. The molecule has 7 nitrogen and oxygen atoms in total. The summed E-state index contributed by atoms with van der Waals surface area (Å²) in [6.45, 7) is 1.95. The zero-order chi connectivity index (χ0) is 20.4. The number of carbonyl (C=O) groups excluding carboxylic acids is 2. The van der Waals surface area contributed by atoms with Crippen molar-refractivity contribution in [1.29, 1.82) is 0 Å². The second kappa shape index (κ2) is 7.79. The minimum Gasteiger partial charge on any atom is -0.490 e. The monoisotopic (exact) mass is 393 g/mol. The molecule has 0 radical (unpaired) electrons. The Hall–Kier alpha value is -3.61. The van der Waals surface area contributed by atoms with Gasteiger partial charge in [-0.2, -0.15) is 0 Å². The Morgan fingerprint density at radius 1 is 1.10 bits per heavy atom. The molecule has 1 aliphatic rings. The number of carbonyl (C=O) groups is 2.